The number of rotatable bonds is 18. The summed E-state index contributed by atoms with van der Waals surface area (Å²) in [6, 6.07) is 27.6. The molecule has 0 heterocycles. The van der Waals surface area contributed by atoms with Crippen LogP contribution >= 0.6 is 78.2 Å². The van der Waals surface area contributed by atoms with E-state index in [0.29, 0.717) is 32.9 Å². The van der Waals surface area contributed by atoms with E-state index < -0.39 is 19.3 Å². The van der Waals surface area contributed by atoms with Crippen molar-refractivity contribution in [1.82, 2.24) is 0 Å². The molecule has 0 saturated heterocycles. The monoisotopic (exact) mass is 784 g/mol. The summed E-state index contributed by atoms with van der Waals surface area (Å²) in [5.41, 5.74) is 13.7. The first-order valence-electron chi connectivity index (χ1n) is 15.6. The number of hydrogen-bond donors (Lipinski definition) is 2. The average Bonchev–Trinajstić information content (AvgIpc) is 3.01. The van der Waals surface area contributed by atoms with E-state index in [1.807, 2.05) is 86.6 Å². The number of aryl methyl sites for hydroxylation is 2. The minimum Gasteiger partial charge on any atom is -0.323 e. The number of halogens is 4. The molecule has 4 aromatic carbocycles. The predicted molar refractivity (Wildman–Crippen MR) is 206 cm³/mol. The van der Waals surface area contributed by atoms with E-state index in [-0.39, 0.29) is 13.2 Å². The first-order valence-corrected chi connectivity index (χ1v) is 19.9. The van der Waals surface area contributed by atoms with Crippen LogP contribution in [0, 0.1) is 0 Å². The summed E-state index contributed by atoms with van der Waals surface area (Å²) < 4.78 is 23.6. The smallest absolute Gasteiger partial charge is 0.319 e. The molecular weight excluding hydrogens is 745 g/mol. The van der Waals surface area contributed by atoms with E-state index in [9.17, 15) is 4.57 Å². The third kappa shape index (κ3) is 13.8. The van der Waals surface area contributed by atoms with Gasteiger partial charge < -0.3 is 20.5 Å². The number of nitrogens with two attached hydrogens (primary N) is 2. The molecule has 0 fully saturated rings. The molecule has 0 saturated carbocycles. The molecule has 0 spiro atoms. The molecular formula is C36H41Cl4N2O3PS2. The normalized spacial score (nSPS) is 14.2. The molecule has 4 aromatic rings. The van der Waals surface area contributed by atoms with Gasteiger partial charge in [0.2, 0.25) is 0 Å². The van der Waals surface area contributed by atoms with Gasteiger partial charge in [0.05, 0.1) is 13.2 Å². The molecule has 0 aliphatic heterocycles. The summed E-state index contributed by atoms with van der Waals surface area (Å²) in [5.74, 6) is 0. The maximum absolute atomic E-state index is 12.6. The molecule has 2 atom stereocenters. The van der Waals surface area contributed by atoms with E-state index in [4.69, 9.17) is 66.9 Å². The van der Waals surface area contributed by atoms with Crippen molar-refractivity contribution in [2.45, 2.75) is 83.0 Å². The van der Waals surface area contributed by atoms with Gasteiger partial charge in [-0.1, -0.05) is 94.2 Å². The highest BCUT2D eigenvalue weighted by Crippen LogP contribution is 2.35. The Labute approximate surface area is 313 Å². The largest absolute Gasteiger partial charge is 0.323 e. The second-order valence-electron chi connectivity index (χ2n) is 12.5. The Balaban J connectivity index is 1.13. The second kappa shape index (κ2) is 18.9. The van der Waals surface area contributed by atoms with Crippen molar-refractivity contribution in [2.75, 3.05) is 13.2 Å². The lowest BCUT2D eigenvalue weighted by Crippen LogP contribution is -2.41. The maximum Gasteiger partial charge on any atom is 0.319 e. The van der Waals surface area contributed by atoms with E-state index in [1.165, 1.54) is 0 Å². The Morgan fingerprint density at radius 2 is 1.02 bits per heavy atom. The quantitative estimate of drug-likeness (QED) is 0.0971. The molecule has 0 aliphatic carbocycles. The Kier molecular flexibility index (Phi) is 15.6. The summed E-state index contributed by atoms with van der Waals surface area (Å²) in [6.07, 6.45) is 4.45. The molecule has 48 heavy (non-hydrogen) atoms. The molecule has 0 bridgehead atoms. The van der Waals surface area contributed by atoms with E-state index in [0.717, 1.165) is 56.4 Å². The van der Waals surface area contributed by atoms with Gasteiger partial charge >= 0.3 is 8.25 Å². The molecule has 4 N–H and O–H groups in total. The van der Waals surface area contributed by atoms with Gasteiger partial charge in [0.15, 0.2) is 0 Å². The fourth-order valence-electron chi connectivity index (χ4n) is 4.92. The van der Waals surface area contributed by atoms with E-state index in [1.54, 1.807) is 23.5 Å². The van der Waals surface area contributed by atoms with Gasteiger partial charge in [0, 0.05) is 50.8 Å². The van der Waals surface area contributed by atoms with E-state index in [2.05, 4.69) is 12.1 Å². The van der Waals surface area contributed by atoms with Crippen molar-refractivity contribution in [1.29, 1.82) is 0 Å². The van der Waals surface area contributed by atoms with Crippen LogP contribution in [0.25, 0.3) is 0 Å². The topological polar surface area (TPSA) is 87.6 Å². The van der Waals surface area contributed by atoms with Gasteiger partial charge in [0.25, 0.3) is 0 Å². The average molecular weight is 787 g/mol. The van der Waals surface area contributed by atoms with Crippen LogP contribution in [0.15, 0.2) is 105 Å². The van der Waals surface area contributed by atoms with Gasteiger partial charge in [-0.3, -0.25) is 4.57 Å². The fraction of sp³-hybridized carbons (Fsp3) is 0.333. The number of benzene rings is 4. The van der Waals surface area contributed by atoms with Crippen LogP contribution in [-0.2, 0) is 26.5 Å². The Morgan fingerprint density at radius 3 is 1.40 bits per heavy atom. The lowest BCUT2D eigenvalue weighted by atomic mass is 9.95. The molecule has 12 heteroatoms. The third-order valence-corrected chi connectivity index (χ3v) is 11.4. The van der Waals surface area contributed by atoms with Gasteiger partial charge in [-0.2, -0.15) is 0 Å². The highest BCUT2D eigenvalue weighted by Gasteiger charge is 2.23. The zero-order valence-electron chi connectivity index (χ0n) is 26.9. The van der Waals surface area contributed by atoms with Crippen molar-refractivity contribution in [3.63, 3.8) is 0 Å². The minimum atomic E-state index is -2.76. The second-order valence-corrected chi connectivity index (χ2v) is 17.5. The first kappa shape index (κ1) is 39.6. The van der Waals surface area contributed by atoms with Crippen LogP contribution in [0.3, 0.4) is 0 Å². The lowest BCUT2D eigenvalue weighted by molar-refractivity contribution is 0.156. The zero-order chi connectivity index (χ0) is 34.7. The highest BCUT2D eigenvalue weighted by molar-refractivity contribution is 7.99. The lowest BCUT2D eigenvalue weighted by Gasteiger charge is -2.26. The fourth-order valence-corrected chi connectivity index (χ4v) is 8.92. The highest BCUT2D eigenvalue weighted by atomic mass is 35.5. The van der Waals surface area contributed by atoms with Crippen LogP contribution in [-0.4, -0.2) is 24.3 Å². The van der Waals surface area contributed by atoms with Crippen molar-refractivity contribution in [2.24, 2.45) is 11.5 Å². The Hall–Kier alpha value is -1.19. The molecule has 5 nitrogen and oxygen atoms in total. The Morgan fingerprint density at radius 1 is 0.625 bits per heavy atom. The van der Waals surface area contributed by atoms with Crippen molar-refractivity contribution < 1.29 is 13.6 Å². The summed E-state index contributed by atoms with van der Waals surface area (Å²) >= 11 is 28.6. The zero-order valence-corrected chi connectivity index (χ0v) is 32.6. The van der Waals surface area contributed by atoms with Crippen LogP contribution in [0.5, 0.6) is 0 Å². The van der Waals surface area contributed by atoms with Crippen LogP contribution in [0.1, 0.15) is 50.7 Å². The summed E-state index contributed by atoms with van der Waals surface area (Å²) in [7, 11) is -2.76. The molecule has 0 unspecified atom stereocenters. The standard InChI is InChI=1S/C36H41Cl4N2O3PS2/c1-35(41,17-5-7-25-13-15-31(21-33(25)39)47-29-11-3-9-27(37)19-29)23-44-46(43)45-24-36(2,42)18-6-8-26-14-16-32(22-34(26)40)48-30-12-4-10-28(38)20-30/h3-4,9-16,19-22,46H,5-8,17-18,23-24,41-42H2,1-2H3/t35-,36-/m1/s1. The summed E-state index contributed by atoms with van der Waals surface area (Å²) in [5, 5.41) is 2.83. The minimum absolute atomic E-state index is 0.110. The van der Waals surface area contributed by atoms with Gasteiger partial charge in [0.1, 0.15) is 0 Å². The maximum atomic E-state index is 12.6. The van der Waals surface area contributed by atoms with Crippen molar-refractivity contribution in [3.05, 3.63) is 116 Å². The van der Waals surface area contributed by atoms with Crippen LogP contribution in [0.2, 0.25) is 20.1 Å². The Bertz CT molecular complexity index is 1570. The molecule has 0 aliphatic rings. The van der Waals surface area contributed by atoms with Crippen molar-refractivity contribution >= 4 is 78.2 Å². The summed E-state index contributed by atoms with van der Waals surface area (Å²) in [4.78, 5) is 4.19. The molecule has 0 aromatic heterocycles. The molecule has 258 valence electrons. The predicted octanol–water partition coefficient (Wildman–Crippen LogP) is 11.8. The summed E-state index contributed by atoms with van der Waals surface area (Å²) in [6.45, 7) is 3.99. The van der Waals surface area contributed by atoms with Gasteiger partial charge in [-0.25, -0.2) is 0 Å². The van der Waals surface area contributed by atoms with E-state index >= 15 is 0 Å². The number of hydrogen-bond acceptors (Lipinski definition) is 7. The third-order valence-electron chi connectivity index (χ3n) is 7.54. The van der Waals surface area contributed by atoms with Crippen LogP contribution in [0.4, 0.5) is 0 Å². The van der Waals surface area contributed by atoms with Crippen LogP contribution < -0.4 is 11.5 Å². The van der Waals surface area contributed by atoms with Gasteiger partial charge in [-0.05, 0) is 124 Å². The van der Waals surface area contributed by atoms with Gasteiger partial charge in [-0.15, -0.1) is 0 Å². The van der Waals surface area contributed by atoms with Crippen molar-refractivity contribution in [3.8, 4) is 0 Å². The first-order chi connectivity index (χ1) is 22.8. The molecule has 4 rings (SSSR count). The molecule has 0 amide bonds. The SMILES string of the molecule is C[C@@](N)(CCCc1ccc(Sc2cccc(Cl)c2)cc1Cl)CO[PH](=O)OC[C@](C)(N)CCCc1ccc(Sc2cccc(Cl)c2)cc1Cl. The molecule has 0 radical (unpaired) electrons.